The molecule has 2 heterocycles. The van der Waals surface area contributed by atoms with Crippen molar-refractivity contribution in [2.24, 2.45) is 12.8 Å². The second-order valence-electron chi connectivity index (χ2n) is 4.65. The number of hydrogen-bond acceptors (Lipinski definition) is 5. The number of imidazole rings is 1. The van der Waals surface area contributed by atoms with Gasteiger partial charge in [-0.3, -0.25) is 14.3 Å². The van der Waals surface area contributed by atoms with Gasteiger partial charge in [-0.1, -0.05) is 13.3 Å². The van der Waals surface area contributed by atoms with Gasteiger partial charge in [0.2, 0.25) is 5.95 Å². The molecule has 0 fully saturated rings. The molecule has 0 saturated carbocycles. The maximum atomic E-state index is 12.0. The van der Waals surface area contributed by atoms with Crippen LogP contribution in [0.5, 0.6) is 0 Å². The molecule has 0 aliphatic heterocycles. The minimum absolute atomic E-state index is 0.389. The number of anilines is 1. The summed E-state index contributed by atoms with van der Waals surface area (Å²) < 4.78 is 3.15. The third-order valence-corrected chi connectivity index (χ3v) is 3.18. The first-order valence-corrected chi connectivity index (χ1v) is 6.73. The van der Waals surface area contributed by atoms with E-state index in [2.05, 4.69) is 15.3 Å². The standard InChI is InChI=1S/C12H20N6O2/c1-3-4-7-18-9-8(10(19)16-12(18)20)17(2)11(15-9)14-6-5-13/h3-7,13H2,1-2H3,(H,14,15)(H,16,19,20). The summed E-state index contributed by atoms with van der Waals surface area (Å²) in [4.78, 5) is 30.6. The van der Waals surface area contributed by atoms with Gasteiger partial charge in [-0.2, -0.15) is 4.98 Å². The summed E-state index contributed by atoms with van der Waals surface area (Å²) >= 11 is 0. The molecule has 0 amide bonds. The van der Waals surface area contributed by atoms with Crippen molar-refractivity contribution >= 4 is 17.1 Å². The van der Waals surface area contributed by atoms with Gasteiger partial charge < -0.3 is 15.6 Å². The highest BCUT2D eigenvalue weighted by Gasteiger charge is 2.15. The molecule has 0 aliphatic carbocycles. The molecule has 2 aromatic heterocycles. The number of nitrogens with zero attached hydrogens (tertiary/aromatic N) is 3. The summed E-state index contributed by atoms with van der Waals surface area (Å²) in [6.07, 6.45) is 1.81. The highest BCUT2D eigenvalue weighted by molar-refractivity contribution is 5.73. The van der Waals surface area contributed by atoms with Crippen LogP contribution in [0, 0.1) is 0 Å². The Bertz CT molecular complexity index is 711. The van der Waals surface area contributed by atoms with Gasteiger partial charge >= 0.3 is 5.69 Å². The van der Waals surface area contributed by atoms with E-state index in [1.165, 1.54) is 4.57 Å². The number of aryl methyl sites for hydroxylation is 2. The van der Waals surface area contributed by atoms with Crippen LogP contribution in [-0.4, -0.2) is 32.2 Å². The molecule has 0 aliphatic rings. The zero-order valence-electron chi connectivity index (χ0n) is 11.8. The number of unbranched alkanes of at least 4 members (excludes halogenated alkanes) is 1. The lowest BCUT2D eigenvalue weighted by Crippen LogP contribution is -2.31. The maximum absolute atomic E-state index is 12.0. The maximum Gasteiger partial charge on any atom is 0.330 e. The minimum Gasteiger partial charge on any atom is -0.354 e. The topological polar surface area (TPSA) is 111 Å². The normalized spacial score (nSPS) is 11.2. The molecule has 0 unspecified atom stereocenters. The Morgan fingerprint density at radius 3 is 2.80 bits per heavy atom. The zero-order valence-corrected chi connectivity index (χ0v) is 11.8. The SMILES string of the molecule is CCCCn1c(=O)[nH]c(=O)c2c1nc(NCCN)n2C. The van der Waals surface area contributed by atoms with Gasteiger partial charge in [0.1, 0.15) is 0 Å². The fraction of sp³-hybridized carbons (Fsp3) is 0.583. The smallest absolute Gasteiger partial charge is 0.330 e. The quantitative estimate of drug-likeness (QED) is 0.666. The first kappa shape index (κ1) is 14.3. The monoisotopic (exact) mass is 280 g/mol. The fourth-order valence-corrected chi connectivity index (χ4v) is 2.11. The van der Waals surface area contributed by atoms with Crippen molar-refractivity contribution in [3.05, 3.63) is 20.8 Å². The number of nitrogens with two attached hydrogens (primary N) is 1. The molecule has 20 heavy (non-hydrogen) atoms. The molecule has 8 nitrogen and oxygen atoms in total. The van der Waals surface area contributed by atoms with Gasteiger partial charge in [-0.05, 0) is 6.42 Å². The van der Waals surface area contributed by atoms with Crippen molar-refractivity contribution in [3.63, 3.8) is 0 Å². The van der Waals surface area contributed by atoms with Gasteiger partial charge in [0, 0.05) is 26.7 Å². The van der Waals surface area contributed by atoms with Gasteiger partial charge in [0.05, 0.1) is 0 Å². The van der Waals surface area contributed by atoms with Crippen LogP contribution >= 0.6 is 0 Å². The van der Waals surface area contributed by atoms with Crippen molar-refractivity contribution in [2.45, 2.75) is 26.3 Å². The number of hydrogen-bond donors (Lipinski definition) is 3. The van der Waals surface area contributed by atoms with Crippen molar-refractivity contribution in [3.8, 4) is 0 Å². The lowest BCUT2D eigenvalue weighted by molar-refractivity contribution is 0.613. The molecule has 2 rings (SSSR count). The number of rotatable bonds is 6. The van der Waals surface area contributed by atoms with Crippen molar-refractivity contribution in [2.75, 3.05) is 18.4 Å². The van der Waals surface area contributed by atoms with Crippen LogP contribution in [0.1, 0.15) is 19.8 Å². The van der Waals surface area contributed by atoms with E-state index >= 15 is 0 Å². The summed E-state index contributed by atoms with van der Waals surface area (Å²) in [5.41, 5.74) is 5.41. The Morgan fingerprint density at radius 1 is 1.40 bits per heavy atom. The molecule has 2 aromatic rings. The Morgan fingerprint density at radius 2 is 2.15 bits per heavy atom. The van der Waals surface area contributed by atoms with Crippen LogP contribution in [0.3, 0.4) is 0 Å². The molecular weight excluding hydrogens is 260 g/mol. The number of H-pyrrole nitrogens is 1. The van der Waals surface area contributed by atoms with Crippen LogP contribution in [0.2, 0.25) is 0 Å². The number of aromatic amines is 1. The molecule has 0 radical (unpaired) electrons. The molecular formula is C12H20N6O2. The van der Waals surface area contributed by atoms with Crippen LogP contribution in [-0.2, 0) is 13.6 Å². The second-order valence-corrected chi connectivity index (χ2v) is 4.65. The highest BCUT2D eigenvalue weighted by atomic mass is 16.2. The average molecular weight is 280 g/mol. The van der Waals surface area contributed by atoms with Crippen molar-refractivity contribution in [1.29, 1.82) is 0 Å². The lowest BCUT2D eigenvalue weighted by atomic mass is 10.3. The Kier molecular flexibility index (Phi) is 4.23. The van der Waals surface area contributed by atoms with E-state index < -0.39 is 11.2 Å². The number of aromatic nitrogens is 4. The Hall–Kier alpha value is -2.09. The second kappa shape index (κ2) is 5.91. The number of fused-ring (bicyclic) bond motifs is 1. The van der Waals surface area contributed by atoms with E-state index in [1.807, 2.05) is 6.92 Å². The van der Waals surface area contributed by atoms with E-state index in [1.54, 1.807) is 11.6 Å². The molecule has 0 spiro atoms. The summed E-state index contributed by atoms with van der Waals surface area (Å²) in [5, 5.41) is 3.04. The van der Waals surface area contributed by atoms with Gasteiger partial charge in [-0.15, -0.1) is 0 Å². The molecule has 0 saturated heterocycles. The van der Waals surface area contributed by atoms with Crippen LogP contribution < -0.4 is 22.3 Å². The third kappa shape index (κ3) is 2.46. The van der Waals surface area contributed by atoms with Crippen molar-refractivity contribution < 1.29 is 0 Å². The van der Waals surface area contributed by atoms with Crippen LogP contribution in [0.15, 0.2) is 9.59 Å². The summed E-state index contributed by atoms with van der Waals surface area (Å²) in [6, 6.07) is 0. The summed E-state index contributed by atoms with van der Waals surface area (Å²) in [6.45, 7) is 3.59. The zero-order chi connectivity index (χ0) is 14.7. The average Bonchev–Trinajstić information content (AvgIpc) is 2.74. The number of nitrogens with one attached hydrogen (secondary N) is 2. The summed E-state index contributed by atoms with van der Waals surface area (Å²) in [5.74, 6) is 0.534. The van der Waals surface area contributed by atoms with Crippen molar-refractivity contribution in [1.82, 2.24) is 19.1 Å². The third-order valence-electron chi connectivity index (χ3n) is 3.18. The summed E-state index contributed by atoms with van der Waals surface area (Å²) in [7, 11) is 1.73. The van der Waals surface area contributed by atoms with Crippen LogP contribution in [0.25, 0.3) is 11.2 Å². The van der Waals surface area contributed by atoms with Gasteiger partial charge in [0.15, 0.2) is 11.2 Å². The highest BCUT2D eigenvalue weighted by Crippen LogP contribution is 2.13. The Balaban J connectivity index is 2.62. The predicted octanol–water partition coefficient (Wildman–Crippen LogP) is -0.406. The minimum atomic E-state index is -0.423. The molecule has 0 atom stereocenters. The first-order chi connectivity index (χ1) is 9.60. The molecule has 0 aromatic carbocycles. The molecule has 4 N–H and O–H groups in total. The molecule has 110 valence electrons. The molecule has 8 heteroatoms. The van der Waals surface area contributed by atoms with E-state index in [0.29, 0.717) is 36.7 Å². The molecule has 0 bridgehead atoms. The van der Waals surface area contributed by atoms with E-state index in [9.17, 15) is 9.59 Å². The van der Waals surface area contributed by atoms with E-state index in [4.69, 9.17) is 5.73 Å². The van der Waals surface area contributed by atoms with E-state index in [0.717, 1.165) is 12.8 Å². The van der Waals surface area contributed by atoms with Gasteiger partial charge in [-0.25, -0.2) is 4.79 Å². The van der Waals surface area contributed by atoms with E-state index in [-0.39, 0.29) is 0 Å². The fourth-order valence-electron chi connectivity index (χ4n) is 2.11. The largest absolute Gasteiger partial charge is 0.354 e. The van der Waals surface area contributed by atoms with Crippen LogP contribution in [0.4, 0.5) is 5.95 Å². The Labute approximate surface area is 115 Å². The lowest BCUT2D eigenvalue weighted by Gasteiger charge is -2.04. The predicted molar refractivity (Wildman–Crippen MR) is 78.0 cm³/mol. The van der Waals surface area contributed by atoms with Gasteiger partial charge in [0.25, 0.3) is 5.56 Å². The first-order valence-electron chi connectivity index (χ1n) is 6.73.